The van der Waals surface area contributed by atoms with Gasteiger partial charge in [-0.15, -0.1) is 0 Å². The van der Waals surface area contributed by atoms with E-state index in [9.17, 15) is 9.90 Å². The summed E-state index contributed by atoms with van der Waals surface area (Å²) in [5, 5.41) is 10.1. The van der Waals surface area contributed by atoms with Gasteiger partial charge in [0.1, 0.15) is 0 Å². The molecule has 8 atom stereocenters. The summed E-state index contributed by atoms with van der Waals surface area (Å²) in [5.41, 5.74) is 0.324. The van der Waals surface area contributed by atoms with Crippen molar-refractivity contribution in [3.63, 3.8) is 0 Å². The van der Waals surface area contributed by atoms with Crippen molar-refractivity contribution >= 4 is 21.7 Å². The summed E-state index contributed by atoms with van der Waals surface area (Å²) in [5.74, 6) is 2.61. The maximum absolute atomic E-state index is 13.3. The van der Waals surface area contributed by atoms with E-state index in [4.69, 9.17) is 0 Å². The average Bonchev–Trinajstić information content (AvgIpc) is 2.88. The van der Waals surface area contributed by atoms with E-state index in [0.717, 1.165) is 25.2 Å². The lowest BCUT2D eigenvalue weighted by atomic mass is 9.45. The van der Waals surface area contributed by atoms with Crippen molar-refractivity contribution in [2.75, 3.05) is 0 Å². The first kappa shape index (κ1) is 15.6. The van der Waals surface area contributed by atoms with Crippen molar-refractivity contribution in [3.05, 3.63) is 0 Å². The van der Waals surface area contributed by atoms with Crippen molar-refractivity contribution in [3.8, 4) is 0 Å². The predicted molar refractivity (Wildman–Crippen MR) is 90.8 cm³/mol. The maximum Gasteiger partial charge on any atom is 0.150 e. The molecule has 22 heavy (non-hydrogen) atoms. The summed E-state index contributed by atoms with van der Waals surface area (Å²) in [6.07, 6.45) is 8.96. The van der Waals surface area contributed by atoms with Gasteiger partial charge in [0.25, 0.3) is 0 Å². The number of aliphatic hydroxyl groups excluding tert-OH is 1. The van der Waals surface area contributed by atoms with Crippen molar-refractivity contribution < 1.29 is 9.90 Å². The minimum Gasteiger partial charge on any atom is -0.393 e. The number of carbonyl (C=O) groups excluding carboxylic acids is 1. The lowest BCUT2D eigenvalue weighted by molar-refractivity contribution is -0.157. The molecule has 2 nitrogen and oxygen atoms in total. The van der Waals surface area contributed by atoms with Crippen molar-refractivity contribution in [2.45, 2.75) is 76.1 Å². The largest absolute Gasteiger partial charge is 0.393 e. The minimum absolute atomic E-state index is 0.0520. The van der Waals surface area contributed by atoms with Crippen LogP contribution in [0.4, 0.5) is 0 Å². The van der Waals surface area contributed by atoms with Crippen LogP contribution in [0.25, 0.3) is 0 Å². The normalized spacial score (nSPS) is 57.9. The molecule has 4 fully saturated rings. The fourth-order valence-corrected chi connectivity index (χ4v) is 7.84. The van der Waals surface area contributed by atoms with Gasteiger partial charge in [-0.3, -0.25) is 4.79 Å². The van der Waals surface area contributed by atoms with Gasteiger partial charge in [-0.25, -0.2) is 0 Å². The molecule has 124 valence electrons. The van der Waals surface area contributed by atoms with E-state index in [1.54, 1.807) is 0 Å². The Balaban J connectivity index is 1.73. The third kappa shape index (κ3) is 1.90. The van der Waals surface area contributed by atoms with Crippen LogP contribution in [-0.2, 0) is 4.79 Å². The predicted octanol–water partition coefficient (Wildman–Crippen LogP) is 4.33. The second kappa shape index (κ2) is 5.05. The lowest BCUT2D eigenvalue weighted by Crippen LogP contribution is -2.60. The molecule has 0 aromatic carbocycles. The molecule has 4 aliphatic rings. The Labute approximate surface area is 142 Å². The topological polar surface area (TPSA) is 37.3 Å². The van der Waals surface area contributed by atoms with Crippen molar-refractivity contribution in [2.24, 2.45) is 34.5 Å². The Hall–Kier alpha value is 0.110. The van der Waals surface area contributed by atoms with Crippen LogP contribution >= 0.6 is 15.9 Å². The molecular formula is C19H29BrO2. The molecule has 0 heterocycles. The minimum atomic E-state index is -0.134. The summed E-state index contributed by atoms with van der Waals surface area (Å²) >= 11 is 3.83. The van der Waals surface area contributed by atoms with E-state index >= 15 is 0 Å². The molecule has 0 spiro atoms. The highest BCUT2D eigenvalue weighted by molar-refractivity contribution is 9.10. The Morgan fingerprint density at radius 3 is 2.64 bits per heavy atom. The quantitative estimate of drug-likeness (QED) is 0.646. The van der Waals surface area contributed by atoms with Crippen LogP contribution in [0.1, 0.15) is 65.2 Å². The monoisotopic (exact) mass is 368 g/mol. The van der Waals surface area contributed by atoms with Crippen LogP contribution in [0.3, 0.4) is 0 Å². The number of carbonyl (C=O) groups is 1. The standard InChI is InChI=1S/C19H29BrO2/c1-18-9-7-12(21)10-11(18)5-6-13-14-4-3-8-19(14,2)17(20)16(22)15(13)18/h11-15,17,21H,3-10H2,1-2H3. The first-order valence-corrected chi connectivity index (χ1v) is 10.2. The highest BCUT2D eigenvalue weighted by Gasteiger charge is 2.64. The SMILES string of the molecule is CC12CCCC1C1CCC3CC(O)CCC3(C)C1C(=O)C2Br. The van der Waals surface area contributed by atoms with E-state index in [1.165, 1.54) is 32.1 Å². The van der Waals surface area contributed by atoms with Gasteiger partial charge in [0.2, 0.25) is 0 Å². The first-order valence-electron chi connectivity index (χ1n) is 9.24. The fourth-order valence-electron chi connectivity index (χ4n) is 6.99. The average molecular weight is 369 g/mol. The van der Waals surface area contributed by atoms with E-state index in [-0.39, 0.29) is 27.7 Å². The van der Waals surface area contributed by atoms with Crippen LogP contribution < -0.4 is 0 Å². The van der Waals surface area contributed by atoms with Crippen molar-refractivity contribution in [1.82, 2.24) is 0 Å². The van der Waals surface area contributed by atoms with Gasteiger partial charge in [0.15, 0.2) is 5.78 Å². The molecule has 8 unspecified atom stereocenters. The number of hydrogen-bond donors (Lipinski definition) is 1. The molecule has 0 aromatic rings. The molecule has 0 aromatic heterocycles. The Kier molecular flexibility index (Phi) is 3.59. The number of hydrogen-bond acceptors (Lipinski definition) is 2. The molecule has 0 bridgehead atoms. The summed E-state index contributed by atoms with van der Waals surface area (Å²) in [6, 6.07) is 0. The van der Waals surface area contributed by atoms with Crippen LogP contribution in [0.2, 0.25) is 0 Å². The van der Waals surface area contributed by atoms with E-state index in [1.807, 2.05) is 0 Å². The van der Waals surface area contributed by atoms with Gasteiger partial charge in [-0.05, 0) is 73.5 Å². The first-order chi connectivity index (χ1) is 10.4. The zero-order valence-electron chi connectivity index (χ0n) is 13.9. The maximum atomic E-state index is 13.3. The number of fused-ring (bicyclic) bond motifs is 5. The highest BCUT2D eigenvalue weighted by atomic mass is 79.9. The number of Topliss-reactive ketones (excluding diaryl/α,β-unsaturated/α-hetero) is 1. The van der Waals surface area contributed by atoms with Gasteiger partial charge < -0.3 is 5.11 Å². The second-order valence-electron chi connectivity index (χ2n) is 9.12. The van der Waals surface area contributed by atoms with E-state index < -0.39 is 0 Å². The number of aliphatic hydroxyl groups is 1. The van der Waals surface area contributed by atoms with Crippen LogP contribution in [-0.4, -0.2) is 21.8 Å². The van der Waals surface area contributed by atoms with E-state index in [0.29, 0.717) is 17.6 Å². The van der Waals surface area contributed by atoms with Gasteiger partial charge in [0, 0.05) is 5.92 Å². The van der Waals surface area contributed by atoms with Gasteiger partial charge in [0.05, 0.1) is 10.9 Å². The van der Waals surface area contributed by atoms with E-state index in [2.05, 4.69) is 29.8 Å². The zero-order valence-corrected chi connectivity index (χ0v) is 15.4. The zero-order chi connectivity index (χ0) is 15.7. The van der Waals surface area contributed by atoms with Crippen LogP contribution in [0.15, 0.2) is 0 Å². The van der Waals surface area contributed by atoms with Gasteiger partial charge >= 0.3 is 0 Å². The van der Waals surface area contributed by atoms with Crippen molar-refractivity contribution in [1.29, 1.82) is 0 Å². The Morgan fingerprint density at radius 2 is 1.86 bits per heavy atom. The third-order valence-electron chi connectivity index (χ3n) is 8.22. The number of rotatable bonds is 0. The number of halogens is 1. The molecular weight excluding hydrogens is 340 g/mol. The van der Waals surface area contributed by atoms with Crippen LogP contribution in [0, 0.1) is 34.5 Å². The second-order valence-corrected chi connectivity index (χ2v) is 10.0. The number of alkyl halides is 1. The molecule has 0 amide bonds. The molecule has 0 saturated heterocycles. The molecule has 0 radical (unpaired) electrons. The summed E-state index contributed by atoms with van der Waals surface area (Å²) < 4.78 is 0. The smallest absolute Gasteiger partial charge is 0.150 e. The molecule has 3 heteroatoms. The van der Waals surface area contributed by atoms with Crippen LogP contribution in [0.5, 0.6) is 0 Å². The van der Waals surface area contributed by atoms with Gasteiger partial charge in [-0.2, -0.15) is 0 Å². The number of ketones is 1. The molecule has 0 aliphatic heterocycles. The molecule has 4 saturated carbocycles. The third-order valence-corrected chi connectivity index (χ3v) is 9.72. The Bertz CT molecular complexity index is 492. The van der Waals surface area contributed by atoms with Gasteiger partial charge in [-0.1, -0.05) is 36.2 Å². The summed E-state index contributed by atoms with van der Waals surface area (Å²) in [7, 11) is 0. The molecule has 4 rings (SSSR count). The summed E-state index contributed by atoms with van der Waals surface area (Å²) in [6.45, 7) is 4.73. The lowest BCUT2D eigenvalue weighted by Gasteiger charge is -2.60. The Morgan fingerprint density at radius 1 is 1.09 bits per heavy atom. The summed E-state index contributed by atoms with van der Waals surface area (Å²) in [4.78, 5) is 13.4. The molecule has 1 N–H and O–H groups in total. The highest BCUT2D eigenvalue weighted by Crippen LogP contribution is 2.66. The molecule has 4 aliphatic carbocycles. The fraction of sp³-hybridized carbons (Fsp3) is 0.947.